The minimum absolute atomic E-state index is 0.551. The predicted octanol–water partition coefficient (Wildman–Crippen LogP) is 3.28. The van der Waals surface area contributed by atoms with E-state index < -0.39 is 0 Å². The molecule has 2 N–H and O–H groups in total. The fourth-order valence-electron chi connectivity index (χ4n) is 1.87. The fourth-order valence-corrected chi connectivity index (χ4v) is 2.04. The molecule has 0 spiro atoms. The lowest BCUT2D eigenvalue weighted by Gasteiger charge is -2.11. The Morgan fingerprint density at radius 2 is 2.05 bits per heavy atom. The first-order chi connectivity index (χ1) is 10.2. The summed E-state index contributed by atoms with van der Waals surface area (Å²) in [5, 5.41) is 6.78. The summed E-state index contributed by atoms with van der Waals surface area (Å²) in [6.07, 6.45) is 0. The van der Waals surface area contributed by atoms with Crippen LogP contribution in [0.1, 0.15) is 18.2 Å². The van der Waals surface area contributed by atoms with Crippen molar-refractivity contribution in [2.75, 3.05) is 11.9 Å². The van der Waals surface area contributed by atoms with Gasteiger partial charge in [-0.1, -0.05) is 18.2 Å². The molecule has 0 aliphatic rings. The summed E-state index contributed by atoms with van der Waals surface area (Å²) in [6, 6.07) is 13.7. The molecule has 110 valence electrons. The zero-order valence-corrected chi connectivity index (χ0v) is 13.0. The summed E-state index contributed by atoms with van der Waals surface area (Å²) >= 11 is 5.27. The highest BCUT2D eigenvalue weighted by atomic mass is 32.1. The van der Waals surface area contributed by atoms with Crippen LogP contribution in [0, 0.1) is 6.92 Å². The van der Waals surface area contributed by atoms with E-state index >= 15 is 0 Å². The normalized spacial score (nSPS) is 10.0. The Morgan fingerprint density at radius 1 is 1.24 bits per heavy atom. The van der Waals surface area contributed by atoms with Crippen molar-refractivity contribution in [3.8, 4) is 5.75 Å². The summed E-state index contributed by atoms with van der Waals surface area (Å²) in [4.78, 5) is 4.35. The lowest BCUT2D eigenvalue weighted by molar-refractivity contribution is 0.340. The van der Waals surface area contributed by atoms with Gasteiger partial charge in [0.1, 0.15) is 11.6 Å². The lowest BCUT2D eigenvalue weighted by Crippen LogP contribution is -2.28. The SMILES string of the molecule is CCOc1cccc(CNC(=S)Nc2cccc(C)n2)c1. The molecule has 0 unspecified atom stereocenters. The maximum absolute atomic E-state index is 5.48. The molecule has 2 rings (SSSR count). The van der Waals surface area contributed by atoms with Crippen molar-refractivity contribution in [2.45, 2.75) is 20.4 Å². The highest BCUT2D eigenvalue weighted by Gasteiger charge is 2.00. The molecule has 0 radical (unpaired) electrons. The summed E-state index contributed by atoms with van der Waals surface area (Å²) in [7, 11) is 0. The highest BCUT2D eigenvalue weighted by molar-refractivity contribution is 7.80. The van der Waals surface area contributed by atoms with Crippen LogP contribution in [0.25, 0.3) is 0 Å². The Bertz CT molecular complexity index is 616. The molecular weight excluding hydrogens is 282 g/mol. The van der Waals surface area contributed by atoms with Crippen molar-refractivity contribution in [2.24, 2.45) is 0 Å². The van der Waals surface area contributed by atoms with Gasteiger partial charge in [0.15, 0.2) is 5.11 Å². The molecule has 0 bridgehead atoms. The molecule has 1 aromatic heterocycles. The first-order valence-corrected chi connectivity index (χ1v) is 7.28. The number of thiocarbonyl (C=S) groups is 1. The van der Waals surface area contributed by atoms with E-state index in [2.05, 4.69) is 15.6 Å². The Morgan fingerprint density at radius 3 is 2.81 bits per heavy atom. The zero-order chi connectivity index (χ0) is 15.1. The van der Waals surface area contributed by atoms with Crippen molar-refractivity contribution >= 4 is 23.1 Å². The quantitative estimate of drug-likeness (QED) is 0.830. The topological polar surface area (TPSA) is 46.2 Å². The van der Waals surface area contributed by atoms with Crippen LogP contribution in [0.15, 0.2) is 42.5 Å². The van der Waals surface area contributed by atoms with Crippen LogP contribution in [0.2, 0.25) is 0 Å². The van der Waals surface area contributed by atoms with Crippen LogP contribution in [0.3, 0.4) is 0 Å². The number of aryl methyl sites for hydroxylation is 1. The van der Waals surface area contributed by atoms with Crippen LogP contribution in [-0.4, -0.2) is 16.7 Å². The molecule has 0 saturated heterocycles. The number of nitrogens with zero attached hydrogens (tertiary/aromatic N) is 1. The average molecular weight is 301 g/mol. The van der Waals surface area contributed by atoms with Crippen LogP contribution in [0.4, 0.5) is 5.82 Å². The zero-order valence-electron chi connectivity index (χ0n) is 12.2. The third-order valence-electron chi connectivity index (χ3n) is 2.79. The van der Waals surface area contributed by atoms with Gasteiger partial charge in [-0.15, -0.1) is 0 Å². The van der Waals surface area contributed by atoms with Gasteiger partial charge < -0.3 is 15.4 Å². The van der Waals surface area contributed by atoms with Crippen molar-refractivity contribution in [3.63, 3.8) is 0 Å². The number of nitrogens with one attached hydrogen (secondary N) is 2. The van der Waals surface area contributed by atoms with E-state index in [0.717, 1.165) is 22.8 Å². The van der Waals surface area contributed by atoms with Gasteiger partial charge >= 0.3 is 0 Å². The van der Waals surface area contributed by atoms with Crippen LogP contribution >= 0.6 is 12.2 Å². The minimum Gasteiger partial charge on any atom is -0.494 e. The molecule has 0 saturated carbocycles. The van der Waals surface area contributed by atoms with Gasteiger partial charge in [-0.3, -0.25) is 0 Å². The van der Waals surface area contributed by atoms with Crippen LogP contribution < -0.4 is 15.4 Å². The van der Waals surface area contributed by atoms with Gasteiger partial charge in [0, 0.05) is 12.2 Å². The molecular formula is C16H19N3OS. The molecule has 0 amide bonds. The summed E-state index contributed by atoms with van der Waals surface area (Å²) < 4.78 is 5.48. The van der Waals surface area contributed by atoms with Crippen molar-refractivity contribution in [1.82, 2.24) is 10.3 Å². The molecule has 1 heterocycles. The third-order valence-corrected chi connectivity index (χ3v) is 3.04. The molecule has 2 aromatic rings. The molecule has 1 aromatic carbocycles. The fraction of sp³-hybridized carbons (Fsp3) is 0.250. The second-order valence-corrected chi connectivity index (χ2v) is 4.96. The Labute approximate surface area is 130 Å². The first-order valence-electron chi connectivity index (χ1n) is 6.87. The molecule has 0 fully saturated rings. The predicted molar refractivity (Wildman–Crippen MR) is 89.6 cm³/mol. The third kappa shape index (κ3) is 5.04. The maximum Gasteiger partial charge on any atom is 0.172 e. The van der Waals surface area contributed by atoms with E-state index in [-0.39, 0.29) is 0 Å². The number of anilines is 1. The molecule has 21 heavy (non-hydrogen) atoms. The smallest absolute Gasteiger partial charge is 0.172 e. The Hall–Kier alpha value is -2.14. The number of aromatic nitrogens is 1. The van der Waals surface area contributed by atoms with E-state index in [4.69, 9.17) is 17.0 Å². The lowest BCUT2D eigenvalue weighted by atomic mass is 10.2. The summed E-state index contributed by atoms with van der Waals surface area (Å²) in [5.41, 5.74) is 2.06. The second kappa shape index (κ2) is 7.59. The maximum atomic E-state index is 5.48. The van der Waals surface area contributed by atoms with Crippen molar-refractivity contribution in [1.29, 1.82) is 0 Å². The monoisotopic (exact) mass is 301 g/mol. The van der Waals surface area contributed by atoms with Gasteiger partial charge in [-0.2, -0.15) is 0 Å². The summed E-state index contributed by atoms with van der Waals surface area (Å²) in [5.74, 6) is 1.62. The summed E-state index contributed by atoms with van der Waals surface area (Å²) in [6.45, 7) is 5.22. The molecule has 0 aliphatic carbocycles. The molecule has 5 heteroatoms. The molecule has 0 aliphatic heterocycles. The van der Waals surface area contributed by atoms with Crippen molar-refractivity contribution < 1.29 is 4.74 Å². The Balaban J connectivity index is 1.87. The van der Waals surface area contributed by atoms with E-state index in [9.17, 15) is 0 Å². The standard InChI is InChI=1S/C16H19N3OS/c1-3-20-14-8-5-7-13(10-14)11-17-16(21)19-15-9-4-6-12(2)18-15/h4-10H,3,11H2,1-2H3,(H2,17,18,19,21). The average Bonchev–Trinajstić information content (AvgIpc) is 2.46. The number of ether oxygens (including phenoxy) is 1. The molecule has 0 atom stereocenters. The van der Waals surface area contributed by atoms with Gasteiger partial charge in [0.25, 0.3) is 0 Å². The number of benzene rings is 1. The van der Waals surface area contributed by atoms with Gasteiger partial charge in [0.2, 0.25) is 0 Å². The largest absolute Gasteiger partial charge is 0.494 e. The van der Waals surface area contributed by atoms with Gasteiger partial charge in [-0.25, -0.2) is 4.98 Å². The minimum atomic E-state index is 0.551. The van der Waals surface area contributed by atoms with Crippen molar-refractivity contribution in [3.05, 3.63) is 53.7 Å². The van der Waals surface area contributed by atoms with Crippen LogP contribution in [-0.2, 0) is 6.54 Å². The van der Waals surface area contributed by atoms with Gasteiger partial charge in [0.05, 0.1) is 6.61 Å². The highest BCUT2D eigenvalue weighted by Crippen LogP contribution is 2.13. The number of hydrogen-bond donors (Lipinski definition) is 2. The van der Waals surface area contributed by atoms with E-state index in [0.29, 0.717) is 18.3 Å². The second-order valence-electron chi connectivity index (χ2n) is 4.55. The number of hydrogen-bond acceptors (Lipinski definition) is 3. The van der Waals surface area contributed by atoms with Crippen LogP contribution in [0.5, 0.6) is 5.75 Å². The van der Waals surface area contributed by atoms with E-state index in [1.54, 1.807) is 0 Å². The molecule has 4 nitrogen and oxygen atoms in total. The van der Waals surface area contributed by atoms with Gasteiger partial charge in [-0.05, 0) is 55.9 Å². The number of pyridine rings is 1. The first kappa shape index (κ1) is 15.3. The Kier molecular flexibility index (Phi) is 5.51. The van der Waals surface area contributed by atoms with E-state index in [1.165, 1.54) is 0 Å². The number of rotatable bonds is 5. The van der Waals surface area contributed by atoms with E-state index in [1.807, 2.05) is 56.3 Å².